The number of aromatic amines is 1. The summed E-state index contributed by atoms with van der Waals surface area (Å²) in [6.45, 7) is -0.876. The molecule has 1 atom stereocenters. The summed E-state index contributed by atoms with van der Waals surface area (Å²) in [5, 5.41) is 9.85. The van der Waals surface area contributed by atoms with Crippen LogP contribution in [0.25, 0.3) is 0 Å². The van der Waals surface area contributed by atoms with Gasteiger partial charge in [0.15, 0.2) is 0 Å². The molecule has 2 rings (SSSR count). The molecule has 0 aliphatic heterocycles. The number of nitrogens with zero attached hydrogens (tertiary/aromatic N) is 1. The van der Waals surface area contributed by atoms with Crippen LogP contribution in [0.1, 0.15) is 18.7 Å². The van der Waals surface area contributed by atoms with Crippen molar-refractivity contribution < 1.29 is 13.5 Å². The second kappa shape index (κ2) is 5.48. The molecule has 96 valence electrons. The Labute approximate surface area is 103 Å². The molecule has 18 heavy (non-hydrogen) atoms. The summed E-state index contributed by atoms with van der Waals surface area (Å²) in [5.74, 6) is 0.131. The molecule has 0 saturated carbocycles. The molecule has 6 heteroatoms. The summed E-state index contributed by atoms with van der Waals surface area (Å²) in [7, 11) is 0. The van der Waals surface area contributed by atoms with Gasteiger partial charge in [-0.1, -0.05) is 6.07 Å². The van der Waals surface area contributed by atoms with Crippen molar-refractivity contribution in [3.05, 3.63) is 42.2 Å². The maximum absolute atomic E-state index is 12.1. The number of alkyl halides is 2. The van der Waals surface area contributed by atoms with Crippen LogP contribution in [0.3, 0.4) is 0 Å². The van der Waals surface area contributed by atoms with Crippen LogP contribution >= 0.6 is 0 Å². The molecular weight excluding hydrogens is 240 g/mol. The molecule has 1 unspecified atom stereocenters. The van der Waals surface area contributed by atoms with E-state index in [-0.39, 0.29) is 11.8 Å². The van der Waals surface area contributed by atoms with Crippen molar-refractivity contribution in [2.75, 3.05) is 5.32 Å². The van der Waals surface area contributed by atoms with Crippen molar-refractivity contribution in [3.63, 3.8) is 0 Å². The van der Waals surface area contributed by atoms with Crippen molar-refractivity contribution in [2.24, 2.45) is 0 Å². The molecule has 0 radical (unpaired) electrons. The highest BCUT2D eigenvalue weighted by Crippen LogP contribution is 2.22. The van der Waals surface area contributed by atoms with Crippen molar-refractivity contribution in [2.45, 2.75) is 19.6 Å². The summed E-state index contributed by atoms with van der Waals surface area (Å²) in [6, 6.07) is 8.29. The fourth-order valence-corrected chi connectivity index (χ4v) is 1.60. The lowest BCUT2D eigenvalue weighted by atomic mass is 10.2. The van der Waals surface area contributed by atoms with Crippen LogP contribution < -0.4 is 10.1 Å². The highest BCUT2D eigenvalue weighted by atomic mass is 19.3. The van der Waals surface area contributed by atoms with Crippen molar-refractivity contribution in [1.29, 1.82) is 0 Å². The molecular formula is C12H13F2N3O. The second-order valence-corrected chi connectivity index (χ2v) is 3.78. The summed E-state index contributed by atoms with van der Waals surface area (Å²) in [6.07, 6.45) is 1.66. The van der Waals surface area contributed by atoms with Crippen molar-refractivity contribution in [1.82, 2.24) is 10.2 Å². The monoisotopic (exact) mass is 253 g/mol. The van der Waals surface area contributed by atoms with E-state index >= 15 is 0 Å². The van der Waals surface area contributed by atoms with E-state index in [1.165, 1.54) is 12.1 Å². The lowest BCUT2D eigenvalue weighted by Crippen LogP contribution is -2.07. The first kappa shape index (κ1) is 12.3. The Hall–Kier alpha value is -2.11. The Balaban J connectivity index is 2.05. The van der Waals surface area contributed by atoms with Crippen molar-refractivity contribution >= 4 is 5.69 Å². The number of rotatable bonds is 5. The molecule has 0 bridgehead atoms. The first-order valence-corrected chi connectivity index (χ1v) is 5.46. The summed E-state index contributed by atoms with van der Waals surface area (Å²) >= 11 is 0. The van der Waals surface area contributed by atoms with Gasteiger partial charge in [-0.25, -0.2) is 0 Å². The van der Waals surface area contributed by atoms with Gasteiger partial charge in [-0.05, 0) is 25.1 Å². The lowest BCUT2D eigenvalue weighted by molar-refractivity contribution is -0.0498. The molecule has 0 aliphatic rings. The first-order chi connectivity index (χ1) is 8.65. The third-order valence-corrected chi connectivity index (χ3v) is 2.43. The Morgan fingerprint density at radius 2 is 2.17 bits per heavy atom. The van der Waals surface area contributed by atoms with E-state index < -0.39 is 6.61 Å². The fraction of sp³-hybridized carbons (Fsp3) is 0.250. The van der Waals surface area contributed by atoms with Gasteiger partial charge in [-0.2, -0.15) is 13.9 Å². The Kier molecular flexibility index (Phi) is 3.76. The zero-order chi connectivity index (χ0) is 13.0. The zero-order valence-corrected chi connectivity index (χ0v) is 9.73. The molecule has 0 fully saturated rings. The van der Waals surface area contributed by atoms with Gasteiger partial charge in [0.1, 0.15) is 5.75 Å². The third-order valence-electron chi connectivity index (χ3n) is 2.43. The minimum absolute atomic E-state index is 0.00528. The van der Waals surface area contributed by atoms with Crippen LogP contribution in [0.5, 0.6) is 5.75 Å². The van der Waals surface area contributed by atoms with Gasteiger partial charge >= 0.3 is 6.61 Å². The highest BCUT2D eigenvalue weighted by Gasteiger charge is 2.08. The minimum atomic E-state index is -2.81. The maximum Gasteiger partial charge on any atom is 0.387 e. The average molecular weight is 253 g/mol. The van der Waals surface area contributed by atoms with Crippen LogP contribution in [0.15, 0.2) is 36.5 Å². The molecule has 0 spiro atoms. The van der Waals surface area contributed by atoms with Crippen LogP contribution in [0.2, 0.25) is 0 Å². The van der Waals surface area contributed by atoms with Crippen molar-refractivity contribution in [3.8, 4) is 5.75 Å². The number of H-pyrrole nitrogens is 1. The number of benzene rings is 1. The predicted molar refractivity (Wildman–Crippen MR) is 63.7 cm³/mol. The van der Waals surface area contributed by atoms with E-state index in [2.05, 4.69) is 20.3 Å². The molecule has 2 N–H and O–H groups in total. The Bertz CT molecular complexity index is 488. The molecule has 1 aromatic carbocycles. The summed E-state index contributed by atoms with van der Waals surface area (Å²) < 4.78 is 28.5. The fourth-order valence-electron chi connectivity index (χ4n) is 1.60. The van der Waals surface area contributed by atoms with Gasteiger partial charge in [-0.15, -0.1) is 0 Å². The number of halogens is 2. The van der Waals surface area contributed by atoms with Gasteiger partial charge in [0, 0.05) is 18.0 Å². The quantitative estimate of drug-likeness (QED) is 0.860. The van der Waals surface area contributed by atoms with Gasteiger partial charge in [0.05, 0.1) is 11.7 Å². The third kappa shape index (κ3) is 3.19. The van der Waals surface area contributed by atoms with Crippen LogP contribution in [0.4, 0.5) is 14.5 Å². The lowest BCUT2D eigenvalue weighted by Gasteiger charge is -2.14. The van der Waals surface area contributed by atoms with E-state index in [0.717, 1.165) is 5.69 Å². The summed E-state index contributed by atoms with van der Waals surface area (Å²) in [4.78, 5) is 0. The number of aromatic nitrogens is 2. The van der Waals surface area contributed by atoms with E-state index in [1.807, 2.05) is 13.0 Å². The van der Waals surface area contributed by atoms with E-state index in [9.17, 15) is 8.78 Å². The minimum Gasteiger partial charge on any atom is -0.435 e. The first-order valence-electron chi connectivity index (χ1n) is 5.46. The molecule has 0 aliphatic carbocycles. The Morgan fingerprint density at radius 1 is 1.33 bits per heavy atom. The van der Waals surface area contributed by atoms with E-state index in [1.54, 1.807) is 18.3 Å². The molecule has 1 aromatic heterocycles. The zero-order valence-electron chi connectivity index (χ0n) is 9.73. The average Bonchev–Trinajstić information content (AvgIpc) is 2.81. The largest absolute Gasteiger partial charge is 0.435 e. The van der Waals surface area contributed by atoms with Gasteiger partial charge in [0.25, 0.3) is 0 Å². The van der Waals surface area contributed by atoms with E-state index in [4.69, 9.17) is 0 Å². The van der Waals surface area contributed by atoms with Crippen LogP contribution in [-0.2, 0) is 0 Å². The Morgan fingerprint density at radius 3 is 2.83 bits per heavy atom. The van der Waals surface area contributed by atoms with Crippen LogP contribution in [-0.4, -0.2) is 16.8 Å². The molecule has 4 nitrogen and oxygen atoms in total. The molecule has 2 aromatic rings. The van der Waals surface area contributed by atoms with E-state index in [0.29, 0.717) is 5.69 Å². The number of hydrogen-bond donors (Lipinski definition) is 2. The molecule has 1 heterocycles. The highest BCUT2D eigenvalue weighted by molar-refractivity contribution is 5.49. The predicted octanol–water partition coefficient (Wildman–Crippen LogP) is 3.18. The number of anilines is 1. The number of hydrogen-bond acceptors (Lipinski definition) is 3. The maximum atomic E-state index is 12.1. The van der Waals surface area contributed by atoms with Gasteiger partial charge in [-0.3, -0.25) is 5.10 Å². The van der Waals surface area contributed by atoms with Gasteiger partial charge < -0.3 is 10.1 Å². The topological polar surface area (TPSA) is 49.9 Å². The smallest absolute Gasteiger partial charge is 0.387 e. The summed E-state index contributed by atoms with van der Waals surface area (Å²) in [5.41, 5.74) is 1.62. The molecule has 0 amide bonds. The number of ether oxygens (including phenoxy) is 1. The SMILES string of the molecule is CC(Nc1cccc(OC(F)F)c1)c1ccn[nH]1. The normalized spacial score (nSPS) is 12.4. The van der Waals surface area contributed by atoms with Gasteiger partial charge in [0.2, 0.25) is 0 Å². The second-order valence-electron chi connectivity index (χ2n) is 3.78. The van der Waals surface area contributed by atoms with Crippen LogP contribution in [0, 0.1) is 0 Å². The number of nitrogens with one attached hydrogen (secondary N) is 2. The molecule has 0 saturated heterocycles. The standard InChI is InChI=1S/C12H13F2N3O/c1-8(11-5-6-15-17-11)16-9-3-2-4-10(7-9)18-12(13)14/h2-8,12,16H,1H3,(H,15,17).